The van der Waals surface area contributed by atoms with E-state index in [-0.39, 0.29) is 0 Å². The van der Waals surface area contributed by atoms with Crippen molar-refractivity contribution in [3.8, 4) is 0 Å². The Morgan fingerprint density at radius 1 is 1.23 bits per heavy atom. The van der Waals surface area contributed by atoms with E-state index < -0.39 is 0 Å². The van der Waals surface area contributed by atoms with Crippen molar-refractivity contribution in [3.05, 3.63) is 65.3 Å². The second-order valence-electron chi connectivity index (χ2n) is 8.52. The molecule has 0 spiro atoms. The zero-order valence-corrected chi connectivity index (χ0v) is 18.5. The molecule has 1 aliphatic heterocycles. The van der Waals surface area contributed by atoms with Crippen LogP contribution in [0.25, 0.3) is 5.57 Å². The van der Waals surface area contributed by atoms with E-state index in [0.717, 1.165) is 62.4 Å². The monoisotopic (exact) mass is 420 g/mol. The van der Waals surface area contributed by atoms with Gasteiger partial charge in [0, 0.05) is 12.1 Å². The minimum absolute atomic E-state index is 0.308. The summed E-state index contributed by atoms with van der Waals surface area (Å²) in [4.78, 5) is 10.2. The molecule has 0 amide bonds. The first kappa shape index (κ1) is 21.5. The van der Waals surface area contributed by atoms with E-state index in [0.29, 0.717) is 24.3 Å². The average molecular weight is 421 g/mol. The summed E-state index contributed by atoms with van der Waals surface area (Å²) in [6.45, 7) is 6.80. The van der Waals surface area contributed by atoms with E-state index in [1.165, 1.54) is 11.1 Å². The third-order valence-electron chi connectivity index (χ3n) is 6.09. The topological polar surface area (TPSA) is 72.5 Å². The maximum Gasteiger partial charge on any atom is 0.231 e. The van der Waals surface area contributed by atoms with Gasteiger partial charge in [0.15, 0.2) is 5.82 Å². The van der Waals surface area contributed by atoms with Crippen LogP contribution in [0.2, 0.25) is 0 Å². The summed E-state index contributed by atoms with van der Waals surface area (Å²) in [7, 11) is 0. The van der Waals surface area contributed by atoms with Crippen molar-refractivity contribution in [2.24, 2.45) is 11.1 Å². The Kier molecular flexibility index (Phi) is 7.30. The molecule has 31 heavy (non-hydrogen) atoms. The second-order valence-corrected chi connectivity index (χ2v) is 8.52. The second kappa shape index (κ2) is 10.5. The SMILES string of the molecule is C/C(=N\OCCCCc1ccccc1)C1=CC=C(c2noc([C@@H]3CCNC3)n2)C(C)C1. The minimum atomic E-state index is 0.308. The summed E-state index contributed by atoms with van der Waals surface area (Å²) in [6.07, 6.45) is 9.35. The zero-order valence-electron chi connectivity index (χ0n) is 18.5. The van der Waals surface area contributed by atoms with Gasteiger partial charge in [-0.25, -0.2) is 0 Å². The highest BCUT2D eigenvalue weighted by molar-refractivity contribution is 5.99. The molecule has 0 bridgehead atoms. The molecule has 1 saturated heterocycles. The molecule has 2 aliphatic rings. The minimum Gasteiger partial charge on any atom is -0.396 e. The third kappa shape index (κ3) is 5.70. The smallest absolute Gasteiger partial charge is 0.231 e. The normalized spacial score (nSPS) is 21.7. The molecule has 1 aromatic carbocycles. The molecule has 6 heteroatoms. The van der Waals surface area contributed by atoms with Crippen LogP contribution in [-0.2, 0) is 11.3 Å². The van der Waals surface area contributed by atoms with Crippen LogP contribution in [0.15, 0.2) is 57.7 Å². The van der Waals surface area contributed by atoms with Gasteiger partial charge in [0.1, 0.15) is 6.61 Å². The van der Waals surface area contributed by atoms with Crippen molar-refractivity contribution < 1.29 is 9.36 Å². The predicted octanol–water partition coefficient (Wildman–Crippen LogP) is 4.91. The van der Waals surface area contributed by atoms with Gasteiger partial charge < -0.3 is 14.7 Å². The van der Waals surface area contributed by atoms with Gasteiger partial charge in [-0.3, -0.25) is 0 Å². The molecule has 2 aromatic rings. The fourth-order valence-corrected chi connectivity index (χ4v) is 4.15. The van der Waals surface area contributed by atoms with E-state index >= 15 is 0 Å². The molecule has 1 aliphatic carbocycles. The van der Waals surface area contributed by atoms with E-state index in [4.69, 9.17) is 9.36 Å². The molecule has 4 rings (SSSR count). The Hall–Kier alpha value is -2.73. The molecule has 1 N–H and O–H groups in total. The molecule has 1 fully saturated rings. The highest BCUT2D eigenvalue weighted by Gasteiger charge is 2.26. The Morgan fingerprint density at radius 2 is 2.10 bits per heavy atom. The number of allylic oxidation sites excluding steroid dienone is 4. The third-order valence-corrected chi connectivity index (χ3v) is 6.09. The van der Waals surface area contributed by atoms with Gasteiger partial charge in [0.05, 0.1) is 11.6 Å². The van der Waals surface area contributed by atoms with Crippen LogP contribution in [0.3, 0.4) is 0 Å². The zero-order chi connectivity index (χ0) is 21.5. The van der Waals surface area contributed by atoms with Crippen molar-refractivity contribution in [1.82, 2.24) is 15.5 Å². The van der Waals surface area contributed by atoms with Crippen molar-refractivity contribution in [1.29, 1.82) is 0 Å². The van der Waals surface area contributed by atoms with Crippen LogP contribution in [0, 0.1) is 5.92 Å². The molecule has 2 heterocycles. The molecule has 6 nitrogen and oxygen atoms in total. The van der Waals surface area contributed by atoms with Gasteiger partial charge >= 0.3 is 0 Å². The number of nitrogens with one attached hydrogen (secondary N) is 1. The Bertz CT molecular complexity index is 939. The number of hydrogen-bond acceptors (Lipinski definition) is 6. The Labute approximate surface area is 184 Å². The highest BCUT2D eigenvalue weighted by atomic mass is 16.6. The van der Waals surface area contributed by atoms with Gasteiger partial charge in [0.25, 0.3) is 0 Å². The number of rotatable bonds is 9. The van der Waals surface area contributed by atoms with Gasteiger partial charge in [-0.2, -0.15) is 4.98 Å². The van der Waals surface area contributed by atoms with E-state index in [2.05, 4.69) is 70.0 Å². The van der Waals surface area contributed by atoms with Gasteiger partial charge in [-0.1, -0.05) is 59.7 Å². The summed E-state index contributed by atoms with van der Waals surface area (Å²) in [5, 5.41) is 11.9. The number of hydrogen-bond donors (Lipinski definition) is 1. The summed E-state index contributed by atoms with van der Waals surface area (Å²) in [5.74, 6) is 2.12. The lowest BCUT2D eigenvalue weighted by Crippen LogP contribution is -2.11. The lowest BCUT2D eigenvalue weighted by Gasteiger charge is -2.19. The fourth-order valence-electron chi connectivity index (χ4n) is 4.15. The lowest BCUT2D eigenvalue weighted by molar-refractivity contribution is 0.140. The highest BCUT2D eigenvalue weighted by Crippen LogP contribution is 2.32. The Balaban J connectivity index is 1.27. The maximum absolute atomic E-state index is 5.57. The van der Waals surface area contributed by atoms with Crippen molar-refractivity contribution in [3.63, 3.8) is 0 Å². The fraction of sp³-hybridized carbons (Fsp3) is 0.480. The molecule has 2 atom stereocenters. The number of oxime groups is 1. The van der Waals surface area contributed by atoms with Gasteiger partial charge in [-0.15, -0.1) is 0 Å². The molecule has 1 aromatic heterocycles. The van der Waals surface area contributed by atoms with E-state index in [9.17, 15) is 0 Å². The van der Waals surface area contributed by atoms with Crippen LogP contribution in [0.1, 0.15) is 62.7 Å². The van der Waals surface area contributed by atoms with E-state index in [1.807, 2.05) is 6.92 Å². The number of aryl methyl sites for hydroxylation is 1. The van der Waals surface area contributed by atoms with Gasteiger partial charge in [-0.05, 0) is 62.6 Å². The number of nitrogens with zero attached hydrogens (tertiary/aromatic N) is 3. The van der Waals surface area contributed by atoms with Crippen LogP contribution < -0.4 is 5.32 Å². The summed E-state index contributed by atoms with van der Waals surface area (Å²) in [6, 6.07) is 10.6. The average Bonchev–Trinajstić information content (AvgIpc) is 3.48. The van der Waals surface area contributed by atoms with Crippen LogP contribution in [0.5, 0.6) is 0 Å². The first-order valence-electron chi connectivity index (χ1n) is 11.4. The maximum atomic E-state index is 5.57. The van der Waals surface area contributed by atoms with Crippen molar-refractivity contribution >= 4 is 11.3 Å². The number of unbranched alkanes of at least 4 members (excludes halogenated alkanes) is 1. The predicted molar refractivity (Wildman–Crippen MR) is 123 cm³/mol. The molecular formula is C25H32N4O2. The van der Waals surface area contributed by atoms with Crippen molar-refractivity contribution in [2.75, 3.05) is 19.7 Å². The van der Waals surface area contributed by atoms with Crippen LogP contribution in [-0.4, -0.2) is 35.5 Å². The molecule has 0 saturated carbocycles. The van der Waals surface area contributed by atoms with Crippen LogP contribution >= 0.6 is 0 Å². The number of benzene rings is 1. The summed E-state index contributed by atoms with van der Waals surface area (Å²) < 4.78 is 5.53. The Morgan fingerprint density at radius 3 is 2.87 bits per heavy atom. The molecule has 1 unspecified atom stereocenters. The molecule has 0 radical (unpaired) electrons. The van der Waals surface area contributed by atoms with Gasteiger partial charge in [0.2, 0.25) is 5.89 Å². The van der Waals surface area contributed by atoms with E-state index in [1.54, 1.807) is 0 Å². The quantitative estimate of drug-likeness (QED) is 0.354. The summed E-state index contributed by atoms with van der Waals surface area (Å²) in [5.41, 5.74) is 4.64. The summed E-state index contributed by atoms with van der Waals surface area (Å²) >= 11 is 0. The molecular weight excluding hydrogens is 388 g/mol. The number of aromatic nitrogens is 2. The van der Waals surface area contributed by atoms with Crippen molar-refractivity contribution in [2.45, 2.75) is 51.9 Å². The first-order valence-corrected chi connectivity index (χ1v) is 11.4. The largest absolute Gasteiger partial charge is 0.396 e. The lowest BCUT2D eigenvalue weighted by atomic mass is 9.86. The molecule has 164 valence electrons. The first-order chi connectivity index (χ1) is 15.2. The van der Waals surface area contributed by atoms with Crippen LogP contribution in [0.4, 0.5) is 0 Å². The standard InChI is InChI=1S/C25H32N4O2/c1-18-16-21(19(2)28-30-15-7-6-10-20-8-4-3-5-9-20)11-12-23(18)24-27-25(31-29-24)22-13-14-26-17-22/h3-5,8-9,11-12,18,22,26H,6-7,10,13-17H2,1-2H3/b28-19+/t18?,22-/m1/s1.